The average molecular weight is 395 g/mol. The first kappa shape index (κ1) is 18.2. The molecule has 8 heteroatoms. The largest absolute Gasteiger partial charge is 0.457 e. The first-order valence-corrected chi connectivity index (χ1v) is 8.55. The van der Waals surface area contributed by atoms with Gasteiger partial charge in [-0.3, -0.25) is 0 Å². The van der Waals surface area contributed by atoms with Crippen LogP contribution in [0.4, 0.5) is 13.2 Å². The van der Waals surface area contributed by atoms with E-state index >= 15 is 0 Å². The van der Waals surface area contributed by atoms with Gasteiger partial charge in [0.05, 0.1) is 16.2 Å². The van der Waals surface area contributed by atoms with Crippen molar-refractivity contribution in [2.75, 3.05) is 0 Å². The summed E-state index contributed by atoms with van der Waals surface area (Å²) in [5.74, 6) is 0.498. The second-order valence-electron chi connectivity index (χ2n) is 5.36. The van der Waals surface area contributed by atoms with Crippen molar-refractivity contribution in [3.63, 3.8) is 0 Å². The van der Waals surface area contributed by atoms with Crippen LogP contribution in [0.15, 0.2) is 40.1 Å². The highest BCUT2D eigenvalue weighted by molar-refractivity contribution is 7.11. The number of aromatic nitrogens is 1. The number of alkyl halides is 3. The summed E-state index contributed by atoms with van der Waals surface area (Å²) >= 11 is 7.34. The third kappa shape index (κ3) is 3.82. The molecule has 132 valence electrons. The van der Waals surface area contributed by atoms with E-state index in [1.165, 1.54) is 29.5 Å². The standard InChI is InChI=1S/C18H10ClF3N2OS/c1-10-9-26-17(24-10)11(8-23)6-13-3-5-16(25-13)14-7-12(18(20,21)22)2-4-15(14)19/h2-7,9H,1H3/b11-6+. The normalized spacial score (nSPS) is 12.2. The molecule has 0 radical (unpaired) electrons. The number of halogens is 4. The Morgan fingerprint density at radius 2 is 2.08 bits per heavy atom. The highest BCUT2D eigenvalue weighted by Crippen LogP contribution is 2.37. The minimum atomic E-state index is -4.48. The van der Waals surface area contributed by atoms with Gasteiger partial charge >= 0.3 is 6.18 Å². The van der Waals surface area contributed by atoms with Crippen LogP contribution in [-0.2, 0) is 6.18 Å². The van der Waals surface area contributed by atoms with Crippen LogP contribution in [-0.4, -0.2) is 4.98 Å². The lowest BCUT2D eigenvalue weighted by atomic mass is 10.1. The van der Waals surface area contributed by atoms with Crippen LogP contribution in [0.25, 0.3) is 23.0 Å². The minimum Gasteiger partial charge on any atom is -0.457 e. The molecule has 0 amide bonds. The summed E-state index contributed by atoms with van der Waals surface area (Å²) in [5, 5.41) is 11.8. The molecule has 1 aromatic carbocycles. The van der Waals surface area contributed by atoms with Gasteiger partial charge in [0.25, 0.3) is 0 Å². The average Bonchev–Trinajstić information content (AvgIpc) is 3.21. The fraction of sp³-hybridized carbons (Fsp3) is 0.111. The number of nitriles is 1. The van der Waals surface area contributed by atoms with Crippen LogP contribution in [0.1, 0.15) is 22.0 Å². The highest BCUT2D eigenvalue weighted by Gasteiger charge is 2.31. The fourth-order valence-corrected chi connectivity index (χ4v) is 3.20. The van der Waals surface area contributed by atoms with E-state index in [1.807, 2.05) is 18.4 Å². The van der Waals surface area contributed by atoms with Gasteiger partial charge in [-0.1, -0.05) is 11.6 Å². The third-order valence-electron chi connectivity index (χ3n) is 3.44. The summed E-state index contributed by atoms with van der Waals surface area (Å²) in [6, 6.07) is 8.14. The number of hydrogen-bond donors (Lipinski definition) is 0. The second-order valence-corrected chi connectivity index (χ2v) is 6.62. The Balaban J connectivity index is 1.98. The molecule has 2 aromatic heterocycles. The zero-order chi connectivity index (χ0) is 18.9. The Bertz CT molecular complexity index is 1030. The van der Waals surface area contributed by atoms with Gasteiger partial charge in [-0.25, -0.2) is 4.98 Å². The number of furan rings is 1. The van der Waals surface area contributed by atoms with E-state index < -0.39 is 11.7 Å². The molecule has 0 aliphatic heterocycles. The van der Waals surface area contributed by atoms with E-state index in [4.69, 9.17) is 16.0 Å². The van der Waals surface area contributed by atoms with E-state index in [-0.39, 0.29) is 16.3 Å². The molecule has 0 unspecified atom stereocenters. The number of benzene rings is 1. The lowest BCUT2D eigenvalue weighted by Crippen LogP contribution is -2.04. The predicted octanol–water partition coefficient (Wildman–Crippen LogP) is 6.45. The molecule has 3 rings (SSSR count). The fourth-order valence-electron chi connectivity index (χ4n) is 2.23. The van der Waals surface area contributed by atoms with Crippen molar-refractivity contribution in [3.05, 3.63) is 62.8 Å². The quantitative estimate of drug-likeness (QED) is 0.480. The monoisotopic (exact) mass is 394 g/mol. The summed E-state index contributed by atoms with van der Waals surface area (Å²) in [5.41, 5.74) is 0.410. The Morgan fingerprint density at radius 3 is 2.69 bits per heavy atom. The lowest BCUT2D eigenvalue weighted by Gasteiger charge is -2.09. The van der Waals surface area contributed by atoms with Gasteiger partial charge in [0.15, 0.2) is 0 Å². The molecule has 0 saturated heterocycles. The first-order chi connectivity index (χ1) is 12.3. The van der Waals surface area contributed by atoms with Gasteiger partial charge in [-0.2, -0.15) is 18.4 Å². The molecule has 0 N–H and O–H groups in total. The van der Waals surface area contributed by atoms with Gasteiger partial charge < -0.3 is 4.42 Å². The summed E-state index contributed by atoms with van der Waals surface area (Å²) in [4.78, 5) is 4.24. The third-order valence-corrected chi connectivity index (χ3v) is 4.77. The zero-order valence-corrected chi connectivity index (χ0v) is 14.8. The first-order valence-electron chi connectivity index (χ1n) is 7.29. The summed E-state index contributed by atoms with van der Waals surface area (Å²) in [7, 11) is 0. The molecule has 0 spiro atoms. The Hall–Kier alpha value is -2.56. The maximum Gasteiger partial charge on any atom is 0.416 e. The van der Waals surface area contributed by atoms with Crippen molar-refractivity contribution in [2.24, 2.45) is 0 Å². The molecule has 3 aromatic rings. The van der Waals surface area contributed by atoms with E-state index in [0.29, 0.717) is 16.3 Å². The Morgan fingerprint density at radius 1 is 1.31 bits per heavy atom. The van der Waals surface area contributed by atoms with Gasteiger partial charge in [-0.05, 0) is 37.3 Å². The van der Waals surface area contributed by atoms with E-state index in [9.17, 15) is 18.4 Å². The molecule has 0 aliphatic rings. The maximum atomic E-state index is 12.9. The molecular weight excluding hydrogens is 385 g/mol. The van der Waals surface area contributed by atoms with Crippen molar-refractivity contribution in [1.82, 2.24) is 4.98 Å². The van der Waals surface area contributed by atoms with E-state index in [2.05, 4.69) is 4.98 Å². The van der Waals surface area contributed by atoms with Gasteiger partial charge in [0, 0.05) is 22.7 Å². The zero-order valence-electron chi connectivity index (χ0n) is 13.3. The number of allylic oxidation sites excluding steroid dienone is 1. The van der Waals surface area contributed by atoms with Crippen molar-refractivity contribution in [2.45, 2.75) is 13.1 Å². The Labute approximate surface area is 156 Å². The van der Waals surface area contributed by atoms with Crippen molar-refractivity contribution in [1.29, 1.82) is 5.26 Å². The summed E-state index contributed by atoms with van der Waals surface area (Å²) in [6.07, 6.45) is -2.99. The molecule has 0 atom stereocenters. The number of thiazole rings is 1. The second kappa shape index (κ2) is 6.98. The van der Waals surface area contributed by atoms with E-state index in [1.54, 1.807) is 6.07 Å². The van der Waals surface area contributed by atoms with Crippen molar-refractivity contribution < 1.29 is 17.6 Å². The molecule has 26 heavy (non-hydrogen) atoms. The smallest absolute Gasteiger partial charge is 0.416 e. The molecule has 0 saturated carbocycles. The Kier molecular flexibility index (Phi) is 4.90. The summed E-state index contributed by atoms with van der Waals surface area (Å²) < 4.78 is 44.3. The number of hydrogen-bond acceptors (Lipinski definition) is 4. The van der Waals surface area contributed by atoms with Gasteiger partial charge in [0.1, 0.15) is 22.6 Å². The van der Waals surface area contributed by atoms with Crippen LogP contribution in [0.2, 0.25) is 5.02 Å². The van der Waals surface area contributed by atoms with Crippen LogP contribution >= 0.6 is 22.9 Å². The van der Waals surface area contributed by atoms with Crippen molar-refractivity contribution >= 4 is 34.6 Å². The van der Waals surface area contributed by atoms with E-state index in [0.717, 1.165) is 17.8 Å². The minimum absolute atomic E-state index is 0.129. The summed E-state index contributed by atoms with van der Waals surface area (Å²) in [6.45, 7) is 1.82. The van der Waals surface area contributed by atoms with Crippen LogP contribution in [0.3, 0.4) is 0 Å². The van der Waals surface area contributed by atoms with Crippen LogP contribution < -0.4 is 0 Å². The van der Waals surface area contributed by atoms with Gasteiger partial charge in [0.2, 0.25) is 0 Å². The number of aryl methyl sites for hydroxylation is 1. The maximum absolute atomic E-state index is 12.9. The number of rotatable bonds is 3. The van der Waals surface area contributed by atoms with Crippen molar-refractivity contribution in [3.8, 4) is 17.4 Å². The molecular formula is C18H10ClF3N2OS. The highest BCUT2D eigenvalue weighted by atomic mass is 35.5. The topological polar surface area (TPSA) is 49.8 Å². The predicted molar refractivity (Wildman–Crippen MR) is 94.5 cm³/mol. The molecule has 0 fully saturated rings. The molecule has 0 aliphatic carbocycles. The number of nitrogens with zero attached hydrogens (tertiary/aromatic N) is 2. The molecule has 0 bridgehead atoms. The van der Waals surface area contributed by atoms with Gasteiger partial charge in [-0.15, -0.1) is 11.3 Å². The van der Waals surface area contributed by atoms with Crippen LogP contribution in [0.5, 0.6) is 0 Å². The van der Waals surface area contributed by atoms with Crippen LogP contribution in [0, 0.1) is 18.3 Å². The molecule has 2 heterocycles. The lowest BCUT2D eigenvalue weighted by molar-refractivity contribution is -0.137. The molecule has 3 nitrogen and oxygen atoms in total. The SMILES string of the molecule is Cc1csc(/C(C#N)=C/c2ccc(-c3cc(C(F)(F)F)ccc3Cl)o2)n1.